The number of thiazole rings is 1. The lowest BCUT2D eigenvalue weighted by Gasteiger charge is -2.32. The third-order valence-electron chi connectivity index (χ3n) is 5.44. The van der Waals surface area contributed by atoms with Crippen molar-refractivity contribution in [1.82, 2.24) is 9.97 Å². The molecule has 1 fully saturated rings. The van der Waals surface area contributed by atoms with Crippen LogP contribution in [0.2, 0.25) is 5.02 Å². The molecule has 3 aromatic heterocycles. The maximum Gasteiger partial charge on any atom is 0.257 e. The number of methoxy groups -OCH3 is 1. The highest BCUT2D eigenvalue weighted by Gasteiger charge is 2.25. The molecule has 1 aliphatic rings. The van der Waals surface area contributed by atoms with E-state index in [2.05, 4.69) is 22.1 Å². The number of carbonyl (C=O) groups is 1. The Bertz CT molecular complexity index is 1040. The van der Waals surface area contributed by atoms with Gasteiger partial charge in [-0.05, 0) is 30.9 Å². The summed E-state index contributed by atoms with van der Waals surface area (Å²) in [6.07, 6.45) is 6.46. The number of nitrogens with one attached hydrogen (secondary N) is 1. The van der Waals surface area contributed by atoms with Gasteiger partial charge in [-0.25, -0.2) is 9.97 Å². The molecule has 1 amide bonds. The zero-order valence-electron chi connectivity index (χ0n) is 17.6. The zero-order chi connectivity index (χ0) is 21.8. The summed E-state index contributed by atoms with van der Waals surface area (Å²) >= 11 is 9.28. The molecular weight excluding hydrogens is 452 g/mol. The minimum absolute atomic E-state index is 0.238. The molecule has 3 aromatic rings. The molecular formula is C22H25ClN4O2S2. The third kappa shape index (κ3) is 5.19. The summed E-state index contributed by atoms with van der Waals surface area (Å²) in [7, 11) is 1.53. The fourth-order valence-electron chi connectivity index (χ4n) is 3.84. The first-order chi connectivity index (χ1) is 15.1. The molecule has 9 heteroatoms. The Morgan fingerprint density at radius 3 is 2.84 bits per heavy atom. The van der Waals surface area contributed by atoms with E-state index in [4.69, 9.17) is 21.3 Å². The summed E-state index contributed by atoms with van der Waals surface area (Å²) in [5, 5.41) is 7.23. The molecule has 0 unspecified atom stereocenters. The van der Waals surface area contributed by atoms with Crippen LogP contribution in [-0.4, -0.2) is 36.1 Å². The summed E-state index contributed by atoms with van der Waals surface area (Å²) in [6, 6.07) is 5.21. The van der Waals surface area contributed by atoms with Crippen molar-refractivity contribution in [3.8, 4) is 16.5 Å². The van der Waals surface area contributed by atoms with E-state index in [1.54, 1.807) is 29.7 Å². The molecule has 0 atom stereocenters. The van der Waals surface area contributed by atoms with Gasteiger partial charge < -0.3 is 9.64 Å². The van der Waals surface area contributed by atoms with Gasteiger partial charge in [0.1, 0.15) is 10.7 Å². The number of piperidine rings is 1. The second-order valence-electron chi connectivity index (χ2n) is 7.56. The molecule has 0 radical (unpaired) electrons. The SMILES string of the molecule is CCCC1CCN(c2sc(NC(=O)c3ccnc(OC)c3)nc2-c2cc(Cl)cs2)CC1. The number of thiophene rings is 1. The number of ether oxygens (including phenoxy) is 1. The Labute approximate surface area is 195 Å². The van der Waals surface area contributed by atoms with E-state index in [9.17, 15) is 4.79 Å². The number of anilines is 2. The number of carbonyl (C=O) groups excluding carboxylic acids is 1. The van der Waals surface area contributed by atoms with Gasteiger partial charge in [-0.2, -0.15) is 0 Å². The van der Waals surface area contributed by atoms with Gasteiger partial charge >= 0.3 is 0 Å². The van der Waals surface area contributed by atoms with Crippen LogP contribution >= 0.6 is 34.3 Å². The molecule has 0 saturated carbocycles. The molecule has 1 saturated heterocycles. The van der Waals surface area contributed by atoms with Gasteiger partial charge in [-0.15, -0.1) is 11.3 Å². The Balaban J connectivity index is 1.58. The Kier molecular flexibility index (Phi) is 7.09. The fourth-order valence-corrected chi connectivity index (χ4v) is 6.00. The zero-order valence-corrected chi connectivity index (χ0v) is 19.9. The highest BCUT2D eigenvalue weighted by atomic mass is 35.5. The van der Waals surface area contributed by atoms with Crippen LogP contribution in [0.15, 0.2) is 29.8 Å². The second kappa shape index (κ2) is 9.97. The van der Waals surface area contributed by atoms with Crippen molar-refractivity contribution in [2.24, 2.45) is 5.92 Å². The first kappa shape index (κ1) is 22.0. The summed E-state index contributed by atoms with van der Waals surface area (Å²) in [4.78, 5) is 25.0. The predicted molar refractivity (Wildman–Crippen MR) is 129 cm³/mol. The van der Waals surface area contributed by atoms with Gasteiger partial charge in [0.15, 0.2) is 5.13 Å². The van der Waals surface area contributed by atoms with E-state index in [-0.39, 0.29) is 5.91 Å². The van der Waals surface area contributed by atoms with Crippen LogP contribution in [0.3, 0.4) is 0 Å². The average molecular weight is 477 g/mol. The number of amides is 1. The number of nitrogens with zero attached hydrogens (tertiary/aromatic N) is 3. The maximum absolute atomic E-state index is 12.8. The van der Waals surface area contributed by atoms with Gasteiger partial charge in [0.25, 0.3) is 5.91 Å². The average Bonchev–Trinajstić information content (AvgIpc) is 3.40. The molecule has 4 rings (SSSR count). The Hall–Kier alpha value is -2.16. The summed E-state index contributed by atoms with van der Waals surface area (Å²) < 4.78 is 5.12. The lowest BCUT2D eigenvalue weighted by atomic mass is 9.92. The molecule has 0 aromatic carbocycles. The lowest BCUT2D eigenvalue weighted by molar-refractivity contribution is 0.102. The number of pyridine rings is 1. The highest BCUT2D eigenvalue weighted by molar-refractivity contribution is 7.21. The fraction of sp³-hybridized carbons (Fsp3) is 0.409. The van der Waals surface area contributed by atoms with Crippen LogP contribution in [0.1, 0.15) is 43.0 Å². The molecule has 164 valence electrons. The maximum atomic E-state index is 12.8. The summed E-state index contributed by atoms with van der Waals surface area (Å²) in [6.45, 7) is 4.27. The van der Waals surface area contributed by atoms with Gasteiger partial charge in [0.2, 0.25) is 5.88 Å². The van der Waals surface area contributed by atoms with Crippen LogP contribution in [0.4, 0.5) is 10.1 Å². The quantitative estimate of drug-likeness (QED) is 0.439. The van der Waals surface area contributed by atoms with Gasteiger partial charge in [-0.3, -0.25) is 10.1 Å². The molecule has 0 spiro atoms. The van der Waals surface area contributed by atoms with Gasteiger partial charge in [0, 0.05) is 36.3 Å². The van der Waals surface area contributed by atoms with Crippen molar-refractivity contribution in [2.45, 2.75) is 32.6 Å². The predicted octanol–water partition coefficient (Wildman–Crippen LogP) is 6.20. The van der Waals surface area contributed by atoms with E-state index >= 15 is 0 Å². The monoisotopic (exact) mass is 476 g/mol. The van der Waals surface area contributed by atoms with E-state index in [1.807, 2.05) is 11.4 Å². The van der Waals surface area contributed by atoms with Crippen LogP contribution in [0, 0.1) is 5.92 Å². The smallest absolute Gasteiger partial charge is 0.257 e. The van der Waals surface area contributed by atoms with Crippen molar-refractivity contribution in [2.75, 3.05) is 30.4 Å². The lowest BCUT2D eigenvalue weighted by Crippen LogP contribution is -2.33. The van der Waals surface area contributed by atoms with Crippen molar-refractivity contribution in [3.05, 3.63) is 40.4 Å². The molecule has 1 aliphatic heterocycles. The number of hydrogen-bond donors (Lipinski definition) is 1. The Morgan fingerprint density at radius 2 is 2.16 bits per heavy atom. The van der Waals surface area contributed by atoms with Crippen molar-refractivity contribution in [3.63, 3.8) is 0 Å². The normalized spacial score (nSPS) is 14.6. The van der Waals surface area contributed by atoms with Crippen molar-refractivity contribution < 1.29 is 9.53 Å². The standard InChI is InChI=1S/C22H25ClN4O2S2/c1-3-4-14-6-9-27(10-7-14)21-19(17-12-16(23)13-30-17)25-22(31-21)26-20(28)15-5-8-24-18(11-15)29-2/h5,8,11-14H,3-4,6-7,9-10H2,1-2H3,(H,25,26,28). The minimum Gasteiger partial charge on any atom is -0.481 e. The topological polar surface area (TPSA) is 67.4 Å². The number of halogens is 1. The largest absolute Gasteiger partial charge is 0.481 e. The number of hydrogen-bond acceptors (Lipinski definition) is 7. The molecule has 0 aliphatic carbocycles. The van der Waals surface area contributed by atoms with E-state index < -0.39 is 0 Å². The van der Waals surface area contributed by atoms with E-state index in [0.717, 1.165) is 34.6 Å². The van der Waals surface area contributed by atoms with Crippen LogP contribution in [0.25, 0.3) is 10.6 Å². The molecule has 0 bridgehead atoms. The van der Waals surface area contributed by atoms with Crippen LogP contribution < -0.4 is 15.0 Å². The van der Waals surface area contributed by atoms with Crippen molar-refractivity contribution in [1.29, 1.82) is 0 Å². The Morgan fingerprint density at radius 1 is 1.35 bits per heavy atom. The first-order valence-electron chi connectivity index (χ1n) is 10.4. The second-order valence-corrected chi connectivity index (χ2v) is 9.89. The van der Waals surface area contributed by atoms with Gasteiger partial charge in [0.05, 0.1) is 17.0 Å². The molecule has 31 heavy (non-hydrogen) atoms. The molecule has 1 N–H and O–H groups in total. The number of aromatic nitrogens is 2. The molecule has 4 heterocycles. The highest BCUT2D eigenvalue weighted by Crippen LogP contribution is 2.43. The van der Waals surface area contributed by atoms with E-state index in [0.29, 0.717) is 21.6 Å². The summed E-state index contributed by atoms with van der Waals surface area (Å²) in [5.41, 5.74) is 1.36. The molecule has 6 nitrogen and oxygen atoms in total. The summed E-state index contributed by atoms with van der Waals surface area (Å²) in [5.74, 6) is 0.962. The van der Waals surface area contributed by atoms with Crippen LogP contribution in [0.5, 0.6) is 5.88 Å². The van der Waals surface area contributed by atoms with E-state index in [1.165, 1.54) is 44.1 Å². The van der Waals surface area contributed by atoms with Crippen molar-refractivity contribution >= 4 is 50.3 Å². The third-order valence-corrected chi connectivity index (χ3v) is 7.75. The van der Waals surface area contributed by atoms with Crippen LogP contribution in [-0.2, 0) is 0 Å². The first-order valence-corrected chi connectivity index (χ1v) is 12.5. The minimum atomic E-state index is -0.238. The number of rotatable bonds is 7. The van der Waals surface area contributed by atoms with Gasteiger partial charge in [-0.1, -0.05) is 42.7 Å².